The third-order valence-electron chi connectivity index (χ3n) is 5.95. The first-order valence-electron chi connectivity index (χ1n) is 9.94. The normalized spacial score (nSPS) is 14.4. The molecule has 1 aromatic heterocycles. The number of aliphatic carboxylic acids is 1. The molecular formula is C24H23NO7. The molecule has 3 aromatic rings. The van der Waals surface area contributed by atoms with E-state index in [-0.39, 0.29) is 17.7 Å². The van der Waals surface area contributed by atoms with E-state index < -0.39 is 18.0 Å². The molecule has 2 aromatic carbocycles. The zero-order chi connectivity index (χ0) is 23.3. The maximum Gasteiger partial charge on any atom is 0.338 e. The average Bonchev–Trinajstić information content (AvgIpc) is 3.16. The Balaban J connectivity index is 2.08. The van der Waals surface area contributed by atoms with E-state index in [2.05, 4.69) is 0 Å². The van der Waals surface area contributed by atoms with E-state index in [1.54, 1.807) is 44.3 Å². The number of methoxy groups -OCH3 is 2. The van der Waals surface area contributed by atoms with Crippen LogP contribution in [-0.2, 0) is 11.2 Å². The van der Waals surface area contributed by atoms with E-state index in [1.165, 1.54) is 18.8 Å². The first kappa shape index (κ1) is 21.3. The molecule has 3 N–H and O–H groups in total. The Morgan fingerprint density at radius 2 is 1.56 bits per heavy atom. The predicted octanol–water partition coefficient (Wildman–Crippen LogP) is 4.04. The lowest BCUT2D eigenvalue weighted by Crippen LogP contribution is -2.25. The molecule has 32 heavy (non-hydrogen) atoms. The van der Waals surface area contributed by atoms with Crippen LogP contribution in [0.15, 0.2) is 30.5 Å². The number of carbonyl (C=O) groups is 2. The molecule has 1 aliphatic rings. The van der Waals surface area contributed by atoms with Crippen molar-refractivity contribution in [3.05, 3.63) is 52.7 Å². The number of hydrogen-bond acceptors (Lipinski definition) is 5. The van der Waals surface area contributed by atoms with Crippen molar-refractivity contribution in [3.8, 4) is 39.6 Å². The van der Waals surface area contributed by atoms with Gasteiger partial charge in [0.25, 0.3) is 0 Å². The van der Waals surface area contributed by atoms with Gasteiger partial charge in [-0.25, -0.2) is 9.59 Å². The van der Waals surface area contributed by atoms with E-state index in [9.17, 15) is 24.9 Å². The highest BCUT2D eigenvalue weighted by Gasteiger charge is 2.36. The molecule has 0 radical (unpaired) electrons. The van der Waals surface area contributed by atoms with Crippen molar-refractivity contribution in [1.29, 1.82) is 0 Å². The summed E-state index contributed by atoms with van der Waals surface area (Å²) in [5, 5.41) is 30.2. The molecule has 0 amide bonds. The number of nitrogens with zero attached hydrogens (tertiary/aromatic N) is 1. The van der Waals surface area contributed by atoms with Crippen LogP contribution in [0, 0.1) is 13.8 Å². The summed E-state index contributed by atoms with van der Waals surface area (Å²) in [7, 11) is 2.97. The van der Waals surface area contributed by atoms with Gasteiger partial charge in [0.2, 0.25) is 0 Å². The van der Waals surface area contributed by atoms with Gasteiger partial charge in [-0.2, -0.15) is 0 Å². The van der Waals surface area contributed by atoms with Crippen molar-refractivity contribution >= 4 is 11.9 Å². The topological polar surface area (TPSA) is 118 Å². The standard InChI is InChI=1S/C24H23NO7/c1-11-5-13(6-12(2)22(11)26)16-10-25-17(23(27)28)7-14-8-18(31-3)19(32-4)9-15(14)21(25)20(16)24(29)30/h5-6,8-10,17,26H,7H2,1-4H3,(H,27,28)(H,29,30). The zero-order valence-corrected chi connectivity index (χ0v) is 18.1. The van der Waals surface area contributed by atoms with Crippen molar-refractivity contribution in [1.82, 2.24) is 4.57 Å². The number of rotatable bonds is 5. The molecular weight excluding hydrogens is 414 g/mol. The minimum atomic E-state index is -1.18. The molecule has 8 nitrogen and oxygen atoms in total. The maximum absolute atomic E-state index is 12.5. The molecule has 1 atom stereocenters. The summed E-state index contributed by atoms with van der Waals surface area (Å²) in [4.78, 5) is 24.6. The summed E-state index contributed by atoms with van der Waals surface area (Å²) in [5.74, 6) is -1.24. The molecule has 0 saturated carbocycles. The van der Waals surface area contributed by atoms with Gasteiger partial charge in [-0.05, 0) is 60.4 Å². The Morgan fingerprint density at radius 3 is 2.09 bits per heavy atom. The second kappa shape index (κ2) is 7.64. The number of aromatic hydroxyl groups is 1. The second-order valence-corrected chi connectivity index (χ2v) is 7.86. The number of phenols is 1. The lowest BCUT2D eigenvalue weighted by molar-refractivity contribution is -0.140. The molecule has 4 rings (SSSR count). The summed E-state index contributed by atoms with van der Waals surface area (Å²) in [6, 6.07) is 5.78. The number of fused-ring (bicyclic) bond motifs is 3. The van der Waals surface area contributed by atoms with Gasteiger partial charge >= 0.3 is 11.9 Å². The van der Waals surface area contributed by atoms with Crippen molar-refractivity contribution in [3.63, 3.8) is 0 Å². The lowest BCUT2D eigenvalue weighted by atomic mass is 9.90. The van der Waals surface area contributed by atoms with Crippen LogP contribution in [0.2, 0.25) is 0 Å². The van der Waals surface area contributed by atoms with Crippen molar-refractivity contribution in [2.75, 3.05) is 14.2 Å². The quantitative estimate of drug-likeness (QED) is 0.551. The van der Waals surface area contributed by atoms with Crippen molar-refractivity contribution in [2.24, 2.45) is 0 Å². The van der Waals surface area contributed by atoms with Gasteiger partial charge in [0.1, 0.15) is 11.8 Å². The first-order valence-corrected chi connectivity index (χ1v) is 9.94. The van der Waals surface area contributed by atoms with Crippen molar-refractivity contribution in [2.45, 2.75) is 26.3 Å². The van der Waals surface area contributed by atoms with E-state index in [4.69, 9.17) is 9.47 Å². The van der Waals surface area contributed by atoms with Crippen LogP contribution in [0.3, 0.4) is 0 Å². The number of benzene rings is 2. The number of hydrogen-bond donors (Lipinski definition) is 3. The molecule has 1 aliphatic heterocycles. The molecule has 166 valence electrons. The number of carboxylic acids is 2. The zero-order valence-electron chi connectivity index (χ0n) is 18.1. The number of ether oxygens (including phenoxy) is 2. The van der Waals surface area contributed by atoms with Gasteiger partial charge < -0.3 is 29.4 Å². The van der Waals surface area contributed by atoms with Gasteiger partial charge in [0.15, 0.2) is 11.5 Å². The highest BCUT2D eigenvalue weighted by atomic mass is 16.5. The van der Waals surface area contributed by atoms with E-state index >= 15 is 0 Å². The summed E-state index contributed by atoms with van der Waals surface area (Å²) >= 11 is 0. The highest BCUT2D eigenvalue weighted by molar-refractivity contribution is 6.04. The Hall–Kier alpha value is -3.94. The van der Waals surface area contributed by atoms with Crippen LogP contribution in [-0.4, -0.2) is 46.0 Å². The Labute approximate surface area is 184 Å². The summed E-state index contributed by atoms with van der Waals surface area (Å²) in [6.07, 6.45) is 1.74. The molecule has 0 spiro atoms. The Morgan fingerprint density at radius 1 is 0.969 bits per heavy atom. The molecule has 0 bridgehead atoms. The number of aromatic nitrogens is 1. The van der Waals surface area contributed by atoms with E-state index in [1.807, 2.05) is 0 Å². The van der Waals surface area contributed by atoms with Gasteiger partial charge in [-0.15, -0.1) is 0 Å². The van der Waals surface area contributed by atoms with Crippen LogP contribution in [0.1, 0.15) is 33.1 Å². The van der Waals surface area contributed by atoms with Gasteiger partial charge in [0, 0.05) is 23.7 Å². The van der Waals surface area contributed by atoms with Crippen LogP contribution < -0.4 is 9.47 Å². The number of aryl methyl sites for hydroxylation is 2. The fourth-order valence-corrected chi connectivity index (χ4v) is 4.41. The van der Waals surface area contributed by atoms with Crippen LogP contribution >= 0.6 is 0 Å². The van der Waals surface area contributed by atoms with Crippen LogP contribution in [0.5, 0.6) is 17.2 Å². The monoisotopic (exact) mass is 437 g/mol. The highest BCUT2D eigenvalue weighted by Crippen LogP contribution is 2.46. The number of aromatic carboxylic acids is 1. The van der Waals surface area contributed by atoms with Crippen LogP contribution in [0.25, 0.3) is 22.4 Å². The summed E-state index contributed by atoms with van der Waals surface area (Å²) < 4.78 is 12.3. The van der Waals surface area contributed by atoms with E-state index in [0.717, 1.165) is 0 Å². The average molecular weight is 437 g/mol. The summed E-state index contributed by atoms with van der Waals surface area (Å²) in [5.41, 5.74) is 3.70. The fraction of sp³-hybridized carbons (Fsp3) is 0.250. The first-order chi connectivity index (χ1) is 15.2. The van der Waals surface area contributed by atoms with Crippen molar-refractivity contribution < 1.29 is 34.4 Å². The predicted molar refractivity (Wildman–Crippen MR) is 117 cm³/mol. The minimum absolute atomic E-state index is 0.00564. The molecule has 2 heterocycles. The van der Waals surface area contributed by atoms with Gasteiger partial charge in [0.05, 0.1) is 25.5 Å². The van der Waals surface area contributed by atoms with Crippen LogP contribution in [0.4, 0.5) is 0 Å². The Bertz CT molecular complexity index is 1250. The SMILES string of the molecule is COc1cc2c(cc1OC)-c1c(C(=O)O)c(-c3cc(C)c(O)c(C)c3)cn1C(C(=O)O)C2. The lowest BCUT2D eigenvalue weighted by Gasteiger charge is -2.27. The Kier molecular flexibility index (Phi) is 5.08. The molecule has 0 saturated heterocycles. The number of carboxylic acid groups (broad SMARTS) is 2. The smallest absolute Gasteiger partial charge is 0.338 e. The minimum Gasteiger partial charge on any atom is -0.507 e. The number of phenolic OH excluding ortho intramolecular Hbond substituents is 1. The fourth-order valence-electron chi connectivity index (χ4n) is 4.41. The summed E-state index contributed by atoms with van der Waals surface area (Å²) in [6.45, 7) is 3.46. The molecule has 0 fully saturated rings. The maximum atomic E-state index is 12.5. The largest absolute Gasteiger partial charge is 0.507 e. The second-order valence-electron chi connectivity index (χ2n) is 7.86. The molecule has 1 unspecified atom stereocenters. The molecule has 8 heteroatoms. The van der Waals surface area contributed by atoms with Gasteiger partial charge in [-0.1, -0.05) is 0 Å². The third-order valence-corrected chi connectivity index (χ3v) is 5.95. The third kappa shape index (κ3) is 3.15. The van der Waals surface area contributed by atoms with Gasteiger partial charge in [-0.3, -0.25) is 0 Å². The van der Waals surface area contributed by atoms with E-state index in [0.29, 0.717) is 50.6 Å². The molecule has 0 aliphatic carbocycles.